The fraction of sp³-hybridized carbons (Fsp3) is 0.722. The lowest BCUT2D eigenvalue weighted by atomic mass is 9.77. The molecule has 2 heteroatoms. The predicted molar refractivity (Wildman–Crippen MR) is 175 cm³/mol. The summed E-state index contributed by atoms with van der Waals surface area (Å²) in [7, 11) is 0.258. The van der Waals surface area contributed by atoms with Crippen LogP contribution >= 0.6 is 15.2 Å². The number of rotatable bonds is 18. The zero-order chi connectivity index (χ0) is 26.8. The lowest BCUT2D eigenvalue weighted by Gasteiger charge is -2.63. The molecular formula is C36H58P2. The van der Waals surface area contributed by atoms with E-state index in [1.54, 1.807) is 23.5 Å². The van der Waals surface area contributed by atoms with Crippen molar-refractivity contribution >= 4 is 15.2 Å². The molecule has 2 aliphatic carbocycles. The van der Waals surface area contributed by atoms with Crippen LogP contribution in [-0.4, -0.2) is 17.5 Å². The SMILES string of the molecule is CCCCCCCCP1C2=CC=CC3CC(c4ccccc4CCC)C(CCC)C23P1CCCCCCC. The van der Waals surface area contributed by atoms with E-state index in [9.17, 15) is 0 Å². The van der Waals surface area contributed by atoms with E-state index in [4.69, 9.17) is 0 Å². The lowest BCUT2D eigenvalue weighted by Crippen LogP contribution is -2.47. The number of aryl methyl sites for hydroxylation is 1. The summed E-state index contributed by atoms with van der Waals surface area (Å²) in [5, 5.41) is 2.56. The predicted octanol–water partition coefficient (Wildman–Crippen LogP) is 12.6. The molecule has 0 bridgehead atoms. The molecule has 1 aromatic rings. The van der Waals surface area contributed by atoms with E-state index in [2.05, 4.69) is 70.2 Å². The molecular weight excluding hydrogens is 494 g/mol. The van der Waals surface area contributed by atoms with Crippen LogP contribution in [0.2, 0.25) is 0 Å². The normalized spacial score (nSPS) is 29.6. The van der Waals surface area contributed by atoms with Crippen LogP contribution in [0.1, 0.15) is 141 Å². The van der Waals surface area contributed by atoms with Crippen LogP contribution in [0.5, 0.6) is 0 Å². The summed E-state index contributed by atoms with van der Waals surface area (Å²) < 4.78 is 0. The highest BCUT2D eigenvalue weighted by Gasteiger charge is 2.68. The summed E-state index contributed by atoms with van der Waals surface area (Å²) in [4.78, 5) is 0. The number of unbranched alkanes of at least 4 members (excludes halogenated alkanes) is 9. The third-order valence-electron chi connectivity index (χ3n) is 9.90. The van der Waals surface area contributed by atoms with E-state index < -0.39 is 0 Å². The fourth-order valence-electron chi connectivity index (χ4n) is 8.23. The maximum absolute atomic E-state index is 2.69. The Morgan fingerprint density at radius 3 is 2.16 bits per heavy atom. The van der Waals surface area contributed by atoms with Crippen LogP contribution in [-0.2, 0) is 6.42 Å². The molecule has 1 saturated carbocycles. The highest BCUT2D eigenvalue weighted by atomic mass is 32.1. The van der Waals surface area contributed by atoms with Crippen molar-refractivity contribution in [3.63, 3.8) is 0 Å². The molecule has 0 N–H and O–H groups in total. The molecule has 1 aromatic carbocycles. The number of benzene rings is 1. The standard InChI is InChI=1S/C36H58P2/c1-5-9-11-13-15-18-27-37-35-26-20-24-31-29-33(32-25-17-16-23-30(32)21-7-3)34(22-8-4)36(31,35)38(37)28-19-14-12-10-6-2/h16-17,20,23-26,31,33-34H,5-15,18-19,21-22,27-29H2,1-4H3. The summed E-state index contributed by atoms with van der Waals surface area (Å²) in [5.74, 6) is 2.45. The van der Waals surface area contributed by atoms with Gasteiger partial charge in [-0.25, -0.2) is 0 Å². The topological polar surface area (TPSA) is 0 Å². The van der Waals surface area contributed by atoms with Crippen molar-refractivity contribution in [2.24, 2.45) is 11.8 Å². The molecule has 212 valence electrons. The summed E-state index contributed by atoms with van der Waals surface area (Å²) in [6.07, 6.45) is 33.6. The zero-order valence-electron chi connectivity index (χ0n) is 25.4. The van der Waals surface area contributed by atoms with Gasteiger partial charge in [0.25, 0.3) is 0 Å². The first-order chi connectivity index (χ1) is 18.7. The minimum Gasteiger partial charge on any atom is -0.0801 e. The van der Waals surface area contributed by atoms with E-state index >= 15 is 0 Å². The molecule has 38 heavy (non-hydrogen) atoms. The first-order valence-corrected chi connectivity index (χ1v) is 20.5. The average Bonchev–Trinajstić information content (AvgIpc) is 3.27. The maximum Gasteiger partial charge on any atom is 0.0301 e. The molecule has 2 fully saturated rings. The van der Waals surface area contributed by atoms with Crippen molar-refractivity contribution in [2.75, 3.05) is 12.3 Å². The molecule has 6 atom stereocenters. The number of allylic oxidation sites excluding steroid dienone is 4. The molecule has 0 amide bonds. The Bertz CT molecular complexity index is 900. The summed E-state index contributed by atoms with van der Waals surface area (Å²) in [6, 6.07) is 9.62. The van der Waals surface area contributed by atoms with Crippen molar-refractivity contribution in [3.8, 4) is 0 Å². The highest BCUT2D eigenvalue weighted by Crippen LogP contribution is 2.98. The number of hydrogen-bond acceptors (Lipinski definition) is 0. The van der Waals surface area contributed by atoms with Gasteiger partial charge in [-0.3, -0.25) is 0 Å². The Morgan fingerprint density at radius 1 is 0.763 bits per heavy atom. The highest BCUT2D eigenvalue weighted by molar-refractivity contribution is 8.36. The molecule has 1 spiro atoms. The van der Waals surface area contributed by atoms with Gasteiger partial charge in [-0.15, -0.1) is 0 Å². The van der Waals surface area contributed by atoms with E-state index in [1.165, 1.54) is 103 Å². The van der Waals surface area contributed by atoms with E-state index in [1.807, 2.05) is 5.31 Å². The Morgan fingerprint density at radius 2 is 1.45 bits per heavy atom. The lowest BCUT2D eigenvalue weighted by molar-refractivity contribution is 0.384. The van der Waals surface area contributed by atoms with Crippen molar-refractivity contribution in [2.45, 2.75) is 142 Å². The van der Waals surface area contributed by atoms with Gasteiger partial charge in [-0.1, -0.05) is 156 Å². The van der Waals surface area contributed by atoms with Crippen LogP contribution in [0.25, 0.3) is 0 Å². The third-order valence-corrected chi connectivity index (χ3v) is 19.6. The largest absolute Gasteiger partial charge is 0.0801 e. The smallest absolute Gasteiger partial charge is 0.0301 e. The summed E-state index contributed by atoms with van der Waals surface area (Å²) in [6.45, 7) is 9.52. The van der Waals surface area contributed by atoms with E-state index in [0.29, 0.717) is 5.16 Å². The Labute approximate surface area is 239 Å². The Kier molecular flexibility index (Phi) is 12.5. The van der Waals surface area contributed by atoms with Gasteiger partial charge in [0.15, 0.2) is 0 Å². The van der Waals surface area contributed by atoms with Crippen LogP contribution in [0.3, 0.4) is 0 Å². The first kappa shape index (κ1) is 30.5. The third kappa shape index (κ3) is 6.38. The quantitative estimate of drug-likeness (QED) is 0.125. The minimum atomic E-state index is 0.126. The fourth-order valence-corrected chi connectivity index (χ4v) is 19.9. The molecule has 4 rings (SSSR count). The molecule has 0 aromatic heterocycles. The first-order valence-electron chi connectivity index (χ1n) is 16.8. The van der Waals surface area contributed by atoms with Gasteiger partial charge in [0.1, 0.15) is 0 Å². The van der Waals surface area contributed by atoms with Gasteiger partial charge < -0.3 is 0 Å². The molecule has 0 radical (unpaired) electrons. The summed E-state index contributed by atoms with van der Waals surface area (Å²) >= 11 is 0. The monoisotopic (exact) mass is 552 g/mol. The van der Waals surface area contributed by atoms with Gasteiger partial charge in [0.2, 0.25) is 0 Å². The Hall–Kier alpha value is -0.440. The van der Waals surface area contributed by atoms with Crippen molar-refractivity contribution in [1.82, 2.24) is 0 Å². The second-order valence-corrected chi connectivity index (χ2v) is 19.1. The van der Waals surface area contributed by atoms with Gasteiger partial charge >= 0.3 is 0 Å². The molecule has 1 aliphatic heterocycles. The van der Waals surface area contributed by atoms with E-state index in [-0.39, 0.29) is 15.2 Å². The van der Waals surface area contributed by atoms with Crippen LogP contribution in [0.4, 0.5) is 0 Å². The van der Waals surface area contributed by atoms with Crippen LogP contribution in [0, 0.1) is 11.8 Å². The van der Waals surface area contributed by atoms with Crippen LogP contribution < -0.4 is 0 Å². The second-order valence-electron chi connectivity index (χ2n) is 12.5. The molecule has 3 aliphatic rings. The van der Waals surface area contributed by atoms with Gasteiger partial charge in [-0.05, 0) is 78.6 Å². The molecule has 0 nitrogen and oxygen atoms in total. The molecule has 1 heterocycles. The molecule has 6 unspecified atom stereocenters. The second kappa shape index (κ2) is 15.5. The van der Waals surface area contributed by atoms with Crippen molar-refractivity contribution in [3.05, 3.63) is 58.9 Å². The van der Waals surface area contributed by atoms with Crippen LogP contribution in [0.15, 0.2) is 47.8 Å². The minimum absolute atomic E-state index is 0.126. The Balaban J connectivity index is 1.59. The van der Waals surface area contributed by atoms with Crippen molar-refractivity contribution in [1.29, 1.82) is 0 Å². The average molecular weight is 553 g/mol. The van der Waals surface area contributed by atoms with E-state index in [0.717, 1.165) is 17.8 Å². The zero-order valence-corrected chi connectivity index (χ0v) is 27.2. The summed E-state index contributed by atoms with van der Waals surface area (Å²) in [5.41, 5.74) is 3.39. The maximum atomic E-state index is 2.69. The molecule has 1 saturated heterocycles. The van der Waals surface area contributed by atoms with Gasteiger partial charge in [-0.2, -0.15) is 0 Å². The van der Waals surface area contributed by atoms with Crippen molar-refractivity contribution < 1.29 is 0 Å². The number of hydrogen-bond donors (Lipinski definition) is 0. The van der Waals surface area contributed by atoms with Gasteiger partial charge in [0, 0.05) is 5.16 Å². The van der Waals surface area contributed by atoms with Gasteiger partial charge in [0.05, 0.1) is 0 Å².